The van der Waals surface area contributed by atoms with Crippen molar-refractivity contribution in [1.29, 1.82) is 0 Å². The monoisotopic (exact) mass is 272 g/mol. The molecule has 0 saturated heterocycles. The minimum absolute atomic E-state index is 0.301. The number of allylic oxidation sites excluding steroid dienone is 1. The van der Waals surface area contributed by atoms with Crippen molar-refractivity contribution in [3.05, 3.63) is 40.4 Å². The third-order valence-electron chi connectivity index (χ3n) is 2.54. The summed E-state index contributed by atoms with van der Waals surface area (Å²) in [6, 6.07) is 3.64. The highest BCUT2D eigenvalue weighted by molar-refractivity contribution is 6.35. The van der Waals surface area contributed by atoms with E-state index in [1.54, 1.807) is 6.07 Å². The Labute approximate surface area is 113 Å². The number of rotatable bonds is 6. The zero-order valence-electron chi connectivity index (χ0n) is 10.3. The molecule has 0 aliphatic carbocycles. The van der Waals surface area contributed by atoms with Crippen LogP contribution in [0.2, 0.25) is 10.0 Å². The van der Waals surface area contributed by atoms with Crippen molar-refractivity contribution in [3.63, 3.8) is 0 Å². The number of halogens is 2. The quantitative estimate of drug-likeness (QED) is 0.625. The van der Waals surface area contributed by atoms with Crippen molar-refractivity contribution in [2.45, 2.75) is 32.6 Å². The summed E-state index contributed by atoms with van der Waals surface area (Å²) < 4.78 is 5.71. The molecule has 0 aromatic heterocycles. The molecule has 1 atom stereocenters. The Morgan fingerprint density at radius 3 is 2.71 bits per heavy atom. The van der Waals surface area contributed by atoms with Gasteiger partial charge in [-0.2, -0.15) is 0 Å². The Balaban J connectivity index is 3.09. The van der Waals surface area contributed by atoms with Gasteiger partial charge in [0.1, 0.15) is 5.75 Å². The molecule has 0 radical (unpaired) electrons. The number of hydrogen-bond acceptors (Lipinski definition) is 1. The lowest BCUT2D eigenvalue weighted by Gasteiger charge is -2.17. The molecule has 3 heteroatoms. The van der Waals surface area contributed by atoms with Crippen LogP contribution in [0, 0.1) is 0 Å². The highest BCUT2D eigenvalue weighted by Gasteiger charge is 2.15. The lowest BCUT2D eigenvalue weighted by Crippen LogP contribution is -2.02. The zero-order chi connectivity index (χ0) is 12.8. The van der Waals surface area contributed by atoms with Gasteiger partial charge in [-0.1, -0.05) is 43.1 Å². The molecule has 0 heterocycles. The molecule has 1 rings (SSSR count). The van der Waals surface area contributed by atoms with Gasteiger partial charge in [0.15, 0.2) is 0 Å². The Hall–Kier alpha value is -0.660. The van der Waals surface area contributed by atoms with Crippen molar-refractivity contribution in [2.24, 2.45) is 0 Å². The van der Waals surface area contributed by atoms with Crippen LogP contribution in [0.3, 0.4) is 0 Å². The summed E-state index contributed by atoms with van der Waals surface area (Å²) in [6.45, 7) is 8.60. The van der Waals surface area contributed by atoms with Gasteiger partial charge in [-0.15, -0.1) is 6.58 Å². The summed E-state index contributed by atoms with van der Waals surface area (Å²) in [7, 11) is 0. The molecule has 0 aliphatic rings. The molecule has 0 N–H and O–H groups in total. The summed E-state index contributed by atoms with van der Waals surface area (Å²) in [4.78, 5) is 0. The van der Waals surface area contributed by atoms with E-state index < -0.39 is 0 Å². The lowest BCUT2D eigenvalue weighted by atomic mass is 9.97. The number of hydrogen-bond donors (Lipinski definition) is 0. The van der Waals surface area contributed by atoms with Crippen LogP contribution in [0.25, 0.3) is 0 Å². The van der Waals surface area contributed by atoms with Gasteiger partial charge in [0.25, 0.3) is 0 Å². The molecule has 94 valence electrons. The van der Waals surface area contributed by atoms with Crippen LogP contribution in [-0.4, -0.2) is 6.61 Å². The van der Waals surface area contributed by atoms with Crippen LogP contribution < -0.4 is 4.74 Å². The normalized spacial score (nSPS) is 12.2. The van der Waals surface area contributed by atoms with E-state index in [9.17, 15) is 0 Å². The van der Waals surface area contributed by atoms with Crippen molar-refractivity contribution in [1.82, 2.24) is 0 Å². The molecule has 1 aromatic carbocycles. The standard InChI is InChI=1S/C14H18Cl2O/c1-4-6-10(3)12-8-11(15)9-13(16)14(12)17-7-5-2/h4,8-10H,1,5-7H2,2-3H3. The first-order chi connectivity index (χ1) is 8.10. The maximum Gasteiger partial charge on any atom is 0.141 e. The molecule has 17 heavy (non-hydrogen) atoms. The molecule has 1 nitrogen and oxygen atoms in total. The molecule has 0 amide bonds. The molecule has 0 spiro atoms. The Morgan fingerprint density at radius 2 is 2.12 bits per heavy atom. The fourth-order valence-electron chi connectivity index (χ4n) is 1.68. The molecule has 0 bridgehead atoms. The molecule has 0 aliphatic heterocycles. The van der Waals surface area contributed by atoms with E-state index in [0.717, 1.165) is 24.2 Å². The van der Waals surface area contributed by atoms with E-state index in [4.69, 9.17) is 27.9 Å². The topological polar surface area (TPSA) is 9.23 Å². The largest absolute Gasteiger partial charge is 0.492 e. The van der Waals surface area contributed by atoms with Crippen LogP contribution in [0.1, 0.15) is 38.2 Å². The number of ether oxygens (including phenoxy) is 1. The lowest BCUT2D eigenvalue weighted by molar-refractivity contribution is 0.313. The summed E-state index contributed by atoms with van der Waals surface area (Å²) in [5.41, 5.74) is 1.05. The van der Waals surface area contributed by atoms with E-state index in [0.29, 0.717) is 22.6 Å². The van der Waals surface area contributed by atoms with Gasteiger partial charge in [0, 0.05) is 10.6 Å². The second-order valence-corrected chi connectivity index (χ2v) is 4.92. The third-order valence-corrected chi connectivity index (χ3v) is 3.04. The van der Waals surface area contributed by atoms with Gasteiger partial charge in [0.05, 0.1) is 11.6 Å². The highest BCUT2D eigenvalue weighted by atomic mass is 35.5. The smallest absolute Gasteiger partial charge is 0.141 e. The van der Waals surface area contributed by atoms with Crippen molar-refractivity contribution >= 4 is 23.2 Å². The van der Waals surface area contributed by atoms with Crippen molar-refractivity contribution < 1.29 is 4.74 Å². The van der Waals surface area contributed by atoms with E-state index in [2.05, 4.69) is 20.4 Å². The van der Waals surface area contributed by atoms with Gasteiger partial charge in [-0.25, -0.2) is 0 Å². The Kier molecular flexibility index (Phi) is 5.87. The van der Waals surface area contributed by atoms with Gasteiger partial charge in [-0.3, -0.25) is 0 Å². The first-order valence-corrected chi connectivity index (χ1v) is 6.58. The minimum Gasteiger partial charge on any atom is -0.492 e. The van der Waals surface area contributed by atoms with E-state index in [-0.39, 0.29) is 0 Å². The molecule has 1 unspecified atom stereocenters. The Morgan fingerprint density at radius 1 is 1.41 bits per heavy atom. The summed E-state index contributed by atoms with van der Waals surface area (Å²) in [6.07, 6.45) is 3.72. The second kappa shape index (κ2) is 6.93. The van der Waals surface area contributed by atoms with Crippen molar-refractivity contribution in [2.75, 3.05) is 6.61 Å². The molecule has 0 saturated carbocycles. The van der Waals surface area contributed by atoms with E-state index in [1.165, 1.54) is 0 Å². The fraction of sp³-hybridized carbons (Fsp3) is 0.429. The molecule has 0 fully saturated rings. The molecule has 1 aromatic rings. The highest BCUT2D eigenvalue weighted by Crippen LogP contribution is 2.38. The first-order valence-electron chi connectivity index (χ1n) is 5.82. The number of benzene rings is 1. The minimum atomic E-state index is 0.301. The average molecular weight is 273 g/mol. The maximum absolute atomic E-state index is 6.18. The maximum atomic E-state index is 6.18. The van der Waals surface area contributed by atoms with Gasteiger partial charge < -0.3 is 4.74 Å². The van der Waals surface area contributed by atoms with Gasteiger partial charge in [-0.05, 0) is 30.9 Å². The first kappa shape index (κ1) is 14.4. The summed E-state index contributed by atoms with van der Waals surface area (Å²) in [5, 5.41) is 1.22. The van der Waals surface area contributed by atoms with Gasteiger partial charge >= 0.3 is 0 Å². The van der Waals surface area contributed by atoms with Crippen LogP contribution in [0.4, 0.5) is 0 Å². The second-order valence-electron chi connectivity index (χ2n) is 4.08. The molecular weight excluding hydrogens is 255 g/mol. The zero-order valence-corrected chi connectivity index (χ0v) is 11.8. The SMILES string of the molecule is C=CCC(C)c1cc(Cl)cc(Cl)c1OCCC. The predicted octanol–water partition coefficient (Wildman–Crippen LogP) is 5.46. The summed E-state index contributed by atoms with van der Waals surface area (Å²) >= 11 is 12.2. The van der Waals surface area contributed by atoms with Crippen LogP contribution in [0.5, 0.6) is 5.75 Å². The Bertz CT molecular complexity index is 388. The van der Waals surface area contributed by atoms with E-state index in [1.807, 2.05) is 12.1 Å². The van der Waals surface area contributed by atoms with Crippen LogP contribution in [-0.2, 0) is 0 Å². The predicted molar refractivity (Wildman–Crippen MR) is 75.5 cm³/mol. The van der Waals surface area contributed by atoms with Crippen LogP contribution >= 0.6 is 23.2 Å². The third kappa shape index (κ3) is 3.93. The molecular formula is C14H18Cl2O. The van der Waals surface area contributed by atoms with Crippen LogP contribution in [0.15, 0.2) is 24.8 Å². The van der Waals surface area contributed by atoms with Crippen molar-refractivity contribution in [3.8, 4) is 5.75 Å². The summed E-state index contributed by atoms with van der Waals surface area (Å²) in [5.74, 6) is 1.06. The fourth-order valence-corrected chi connectivity index (χ4v) is 2.24. The average Bonchev–Trinajstić information content (AvgIpc) is 2.27. The van der Waals surface area contributed by atoms with E-state index >= 15 is 0 Å². The van der Waals surface area contributed by atoms with Gasteiger partial charge in [0.2, 0.25) is 0 Å².